The van der Waals surface area contributed by atoms with Crippen LogP contribution in [-0.2, 0) is 4.74 Å². The van der Waals surface area contributed by atoms with Crippen LogP contribution in [0.1, 0.15) is 36.2 Å². The van der Waals surface area contributed by atoms with Gasteiger partial charge in [0.2, 0.25) is 0 Å². The van der Waals surface area contributed by atoms with Gasteiger partial charge in [-0.1, -0.05) is 13.8 Å². The summed E-state index contributed by atoms with van der Waals surface area (Å²) in [7, 11) is 1.72. The van der Waals surface area contributed by atoms with Crippen LogP contribution in [0.5, 0.6) is 0 Å². The molecule has 0 bridgehead atoms. The fourth-order valence-electron chi connectivity index (χ4n) is 2.71. The second kappa shape index (κ2) is 4.85. The molecule has 0 aliphatic heterocycles. The molecule has 0 aromatic heterocycles. The van der Waals surface area contributed by atoms with Crippen molar-refractivity contribution >= 4 is 11.6 Å². The highest BCUT2D eigenvalue weighted by molar-refractivity contribution is 5.96. The molecule has 2 rings (SSSR count). The van der Waals surface area contributed by atoms with Crippen molar-refractivity contribution in [1.82, 2.24) is 5.32 Å². The second-order valence-corrected chi connectivity index (χ2v) is 5.88. The van der Waals surface area contributed by atoms with Gasteiger partial charge in [-0.2, -0.15) is 0 Å². The Morgan fingerprint density at radius 3 is 2.68 bits per heavy atom. The molecular formula is C15H22N2O2. The summed E-state index contributed by atoms with van der Waals surface area (Å²) >= 11 is 0. The molecule has 4 heteroatoms. The lowest BCUT2D eigenvalue weighted by atomic mass is 9.64. The van der Waals surface area contributed by atoms with E-state index in [4.69, 9.17) is 10.5 Å². The smallest absolute Gasteiger partial charge is 0.251 e. The van der Waals surface area contributed by atoms with E-state index >= 15 is 0 Å². The number of methoxy groups -OCH3 is 1. The van der Waals surface area contributed by atoms with Crippen LogP contribution < -0.4 is 11.1 Å². The van der Waals surface area contributed by atoms with Gasteiger partial charge in [-0.15, -0.1) is 0 Å². The summed E-state index contributed by atoms with van der Waals surface area (Å²) in [5.74, 6) is -0.0369. The molecule has 0 heterocycles. The fourth-order valence-corrected chi connectivity index (χ4v) is 2.71. The first-order valence-corrected chi connectivity index (χ1v) is 6.56. The number of nitrogens with two attached hydrogens (primary N) is 1. The minimum atomic E-state index is -0.0369. The van der Waals surface area contributed by atoms with Gasteiger partial charge in [0.1, 0.15) is 0 Å². The SMILES string of the molecule is COC1CC(NC(=O)c2ccc(N)cc2C)C1(C)C. The molecule has 1 aromatic carbocycles. The summed E-state index contributed by atoms with van der Waals surface area (Å²) in [4.78, 5) is 12.3. The monoisotopic (exact) mass is 262 g/mol. The van der Waals surface area contributed by atoms with Crippen molar-refractivity contribution in [3.63, 3.8) is 0 Å². The molecule has 19 heavy (non-hydrogen) atoms. The first-order chi connectivity index (χ1) is 8.86. The van der Waals surface area contributed by atoms with Gasteiger partial charge in [0, 0.05) is 29.8 Å². The van der Waals surface area contributed by atoms with E-state index in [1.165, 1.54) is 0 Å². The number of amides is 1. The van der Waals surface area contributed by atoms with Crippen LogP contribution in [-0.4, -0.2) is 25.2 Å². The summed E-state index contributed by atoms with van der Waals surface area (Å²) in [6, 6.07) is 5.51. The molecule has 2 atom stereocenters. The molecule has 3 N–H and O–H groups in total. The Hall–Kier alpha value is -1.55. The van der Waals surface area contributed by atoms with E-state index in [2.05, 4.69) is 19.2 Å². The Labute approximate surface area is 114 Å². The van der Waals surface area contributed by atoms with Crippen molar-refractivity contribution in [2.24, 2.45) is 5.41 Å². The van der Waals surface area contributed by atoms with Crippen LogP contribution in [0.3, 0.4) is 0 Å². The minimum Gasteiger partial charge on any atom is -0.399 e. The number of nitrogens with one attached hydrogen (secondary N) is 1. The van der Waals surface area contributed by atoms with Crippen molar-refractivity contribution < 1.29 is 9.53 Å². The zero-order valence-electron chi connectivity index (χ0n) is 12.0. The highest BCUT2D eigenvalue weighted by atomic mass is 16.5. The average Bonchev–Trinajstić information content (AvgIpc) is 2.33. The lowest BCUT2D eigenvalue weighted by Crippen LogP contribution is -2.61. The number of rotatable bonds is 3. The molecule has 0 spiro atoms. The van der Waals surface area contributed by atoms with Gasteiger partial charge in [0.15, 0.2) is 0 Å². The van der Waals surface area contributed by atoms with Crippen molar-refractivity contribution in [1.29, 1.82) is 0 Å². The number of anilines is 1. The Morgan fingerprint density at radius 1 is 1.47 bits per heavy atom. The van der Waals surface area contributed by atoms with E-state index in [-0.39, 0.29) is 23.5 Å². The second-order valence-electron chi connectivity index (χ2n) is 5.88. The molecule has 4 nitrogen and oxygen atoms in total. The van der Waals surface area contributed by atoms with Gasteiger partial charge >= 0.3 is 0 Å². The standard InChI is InChI=1S/C15H22N2O2/c1-9-7-10(16)5-6-11(9)14(18)17-12-8-13(19-4)15(12,2)3/h5-7,12-13H,8,16H2,1-4H3,(H,17,18). The number of carbonyl (C=O) groups is 1. The summed E-state index contributed by atoms with van der Waals surface area (Å²) in [6.07, 6.45) is 1.08. The number of nitrogen functional groups attached to an aromatic ring is 1. The quantitative estimate of drug-likeness (QED) is 0.820. The molecule has 104 valence electrons. The molecule has 1 aromatic rings. The van der Waals surface area contributed by atoms with Crippen LogP contribution in [0.4, 0.5) is 5.69 Å². The predicted molar refractivity (Wildman–Crippen MR) is 76.0 cm³/mol. The van der Waals surface area contributed by atoms with Crippen LogP contribution in [0.2, 0.25) is 0 Å². The third-order valence-electron chi connectivity index (χ3n) is 4.26. The predicted octanol–water partition coefficient (Wildman–Crippen LogP) is 2.12. The zero-order valence-corrected chi connectivity index (χ0v) is 12.0. The lowest BCUT2D eigenvalue weighted by molar-refractivity contribution is -0.0942. The molecule has 0 radical (unpaired) electrons. The van der Waals surface area contributed by atoms with Gasteiger partial charge in [0.25, 0.3) is 5.91 Å². The van der Waals surface area contributed by atoms with E-state index in [1.54, 1.807) is 19.2 Å². The van der Waals surface area contributed by atoms with Crippen LogP contribution in [0, 0.1) is 12.3 Å². The van der Waals surface area contributed by atoms with Crippen LogP contribution >= 0.6 is 0 Å². The van der Waals surface area contributed by atoms with E-state index in [0.717, 1.165) is 12.0 Å². The van der Waals surface area contributed by atoms with Gasteiger partial charge in [-0.3, -0.25) is 4.79 Å². The average molecular weight is 262 g/mol. The number of aryl methyl sites for hydroxylation is 1. The first kappa shape index (κ1) is 13.9. The highest BCUT2D eigenvalue weighted by Gasteiger charge is 2.49. The van der Waals surface area contributed by atoms with E-state index in [1.807, 2.05) is 13.0 Å². The molecule has 1 aliphatic carbocycles. The lowest BCUT2D eigenvalue weighted by Gasteiger charge is -2.51. The Morgan fingerprint density at radius 2 is 2.16 bits per heavy atom. The van der Waals surface area contributed by atoms with Crippen molar-refractivity contribution in [2.75, 3.05) is 12.8 Å². The number of hydrogen-bond donors (Lipinski definition) is 2. The van der Waals surface area contributed by atoms with E-state index < -0.39 is 0 Å². The number of ether oxygens (including phenoxy) is 1. The fraction of sp³-hybridized carbons (Fsp3) is 0.533. The van der Waals surface area contributed by atoms with Gasteiger partial charge in [-0.25, -0.2) is 0 Å². The molecule has 1 saturated carbocycles. The highest BCUT2D eigenvalue weighted by Crippen LogP contribution is 2.42. The summed E-state index contributed by atoms with van der Waals surface area (Å²) in [5, 5.41) is 3.09. The minimum absolute atomic E-state index is 0.0217. The summed E-state index contributed by atoms with van der Waals surface area (Å²) in [5.41, 5.74) is 7.94. The van der Waals surface area contributed by atoms with Crippen LogP contribution in [0.15, 0.2) is 18.2 Å². The maximum Gasteiger partial charge on any atom is 0.251 e. The number of hydrogen-bond acceptors (Lipinski definition) is 3. The third kappa shape index (κ3) is 2.45. The Balaban J connectivity index is 2.07. The Kier molecular flexibility index (Phi) is 3.54. The normalized spacial score (nSPS) is 24.6. The topological polar surface area (TPSA) is 64.3 Å². The van der Waals surface area contributed by atoms with Crippen molar-refractivity contribution in [3.05, 3.63) is 29.3 Å². The zero-order chi connectivity index (χ0) is 14.2. The van der Waals surface area contributed by atoms with Gasteiger partial charge in [0.05, 0.1) is 6.10 Å². The third-order valence-corrected chi connectivity index (χ3v) is 4.26. The number of carbonyl (C=O) groups excluding carboxylic acids is 1. The maximum absolute atomic E-state index is 12.3. The van der Waals surface area contributed by atoms with E-state index in [9.17, 15) is 4.79 Å². The largest absolute Gasteiger partial charge is 0.399 e. The summed E-state index contributed by atoms with van der Waals surface area (Å²) < 4.78 is 5.39. The summed E-state index contributed by atoms with van der Waals surface area (Å²) in [6.45, 7) is 6.13. The molecule has 1 amide bonds. The maximum atomic E-state index is 12.3. The molecule has 2 unspecified atom stereocenters. The molecule has 1 aliphatic rings. The van der Waals surface area contributed by atoms with Crippen LogP contribution in [0.25, 0.3) is 0 Å². The molecular weight excluding hydrogens is 240 g/mol. The van der Waals surface area contributed by atoms with Gasteiger partial charge in [-0.05, 0) is 37.1 Å². The molecule has 0 saturated heterocycles. The van der Waals surface area contributed by atoms with Gasteiger partial charge < -0.3 is 15.8 Å². The molecule has 1 fully saturated rings. The van der Waals surface area contributed by atoms with E-state index in [0.29, 0.717) is 11.3 Å². The van der Waals surface area contributed by atoms with Crippen molar-refractivity contribution in [3.8, 4) is 0 Å². The number of benzene rings is 1. The Bertz CT molecular complexity index is 497. The first-order valence-electron chi connectivity index (χ1n) is 6.56. The van der Waals surface area contributed by atoms with Crippen molar-refractivity contribution in [2.45, 2.75) is 39.3 Å².